The maximum absolute atomic E-state index is 11.9. The molecule has 2 aromatic carbocycles. The molecule has 22 heavy (non-hydrogen) atoms. The van der Waals surface area contributed by atoms with Gasteiger partial charge >= 0.3 is 6.03 Å². The molecule has 3 N–H and O–H groups in total. The summed E-state index contributed by atoms with van der Waals surface area (Å²) in [6.45, 7) is 0.428. The second kappa shape index (κ2) is 6.30. The predicted octanol–water partition coefficient (Wildman–Crippen LogP) is 4.80. The van der Waals surface area contributed by atoms with Gasteiger partial charge in [-0.05, 0) is 29.8 Å². The van der Waals surface area contributed by atoms with Crippen molar-refractivity contribution in [2.45, 2.75) is 6.54 Å². The Hall–Kier alpha value is -2.17. The van der Waals surface area contributed by atoms with E-state index in [0.29, 0.717) is 22.3 Å². The number of rotatable bonds is 3. The number of halogens is 2. The van der Waals surface area contributed by atoms with Crippen molar-refractivity contribution in [3.63, 3.8) is 0 Å². The van der Waals surface area contributed by atoms with Crippen LogP contribution in [0.1, 0.15) is 5.56 Å². The smallest absolute Gasteiger partial charge is 0.319 e. The van der Waals surface area contributed by atoms with E-state index in [-0.39, 0.29) is 6.03 Å². The van der Waals surface area contributed by atoms with Crippen LogP contribution in [0.2, 0.25) is 10.0 Å². The second-order valence-corrected chi connectivity index (χ2v) is 5.61. The third-order valence-corrected chi connectivity index (χ3v) is 4.03. The first-order chi connectivity index (χ1) is 10.6. The molecule has 0 fully saturated rings. The van der Waals surface area contributed by atoms with Gasteiger partial charge < -0.3 is 15.6 Å². The van der Waals surface area contributed by atoms with Crippen LogP contribution in [0.15, 0.2) is 48.7 Å². The van der Waals surface area contributed by atoms with Crippen LogP contribution in [0.5, 0.6) is 0 Å². The molecule has 0 radical (unpaired) electrons. The van der Waals surface area contributed by atoms with Gasteiger partial charge in [0.05, 0.1) is 10.0 Å². The Labute approximate surface area is 137 Å². The molecule has 0 spiro atoms. The van der Waals surface area contributed by atoms with Gasteiger partial charge in [0.25, 0.3) is 0 Å². The number of aromatic nitrogens is 1. The van der Waals surface area contributed by atoms with E-state index in [4.69, 9.17) is 23.2 Å². The molecule has 0 aliphatic heterocycles. The van der Waals surface area contributed by atoms with Gasteiger partial charge in [-0.2, -0.15) is 0 Å². The minimum atomic E-state index is -0.302. The number of aromatic amines is 1. The number of nitrogens with one attached hydrogen (secondary N) is 3. The van der Waals surface area contributed by atoms with Crippen LogP contribution in [0.25, 0.3) is 10.9 Å². The number of carbonyl (C=O) groups is 1. The fourth-order valence-corrected chi connectivity index (χ4v) is 2.50. The SMILES string of the molecule is O=C(NCc1c[nH]c2ccccc12)Nc1ccc(Cl)c(Cl)c1. The minimum Gasteiger partial charge on any atom is -0.361 e. The molecule has 3 aromatic rings. The molecule has 2 amide bonds. The summed E-state index contributed by atoms with van der Waals surface area (Å²) in [5.41, 5.74) is 2.66. The molecule has 0 saturated carbocycles. The summed E-state index contributed by atoms with van der Waals surface area (Å²) < 4.78 is 0. The number of hydrogen-bond donors (Lipinski definition) is 3. The fourth-order valence-electron chi connectivity index (χ4n) is 2.20. The number of para-hydroxylation sites is 1. The van der Waals surface area contributed by atoms with E-state index in [1.54, 1.807) is 18.2 Å². The first kappa shape index (κ1) is 14.8. The van der Waals surface area contributed by atoms with Gasteiger partial charge in [-0.3, -0.25) is 0 Å². The van der Waals surface area contributed by atoms with Crippen LogP contribution < -0.4 is 10.6 Å². The summed E-state index contributed by atoms with van der Waals surface area (Å²) in [6.07, 6.45) is 1.89. The van der Waals surface area contributed by atoms with Crippen LogP contribution in [0.3, 0.4) is 0 Å². The molecular weight excluding hydrogens is 321 g/mol. The molecule has 0 aliphatic carbocycles. The van der Waals surface area contributed by atoms with Crippen molar-refractivity contribution in [1.82, 2.24) is 10.3 Å². The number of H-pyrrole nitrogens is 1. The van der Waals surface area contributed by atoms with Crippen LogP contribution in [0.4, 0.5) is 10.5 Å². The van der Waals surface area contributed by atoms with Crippen LogP contribution in [0, 0.1) is 0 Å². The summed E-state index contributed by atoms with van der Waals surface area (Å²) in [6, 6.07) is 12.6. The average Bonchev–Trinajstić information content (AvgIpc) is 2.92. The van der Waals surface area contributed by atoms with Gasteiger partial charge in [-0.15, -0.1) is 0 Å². The van der Waals surface area contributed by atoms with Gasteiger partial charge in [-0.25, -0.2) is 4.79 Å². The average molecular weight is 334 g/mol. The van der Waals surface area contributed by atoms with Crippen LogP contribution in [-0.4, -0.2) is 11.0 Å². The van der Waals surface area contributed by atoms with Crippen molar-refractivity contribution in [2.75, 3.05) is 5.32 Å². The predicted molar refractivity (Wildman–Crippen MR) is 90.6 cm³/mol. The molecule has 0 saturated heterocycles. The molecule has 1 heterocycles. The molecule has 0 aliphatic rings. The van der Waals surface area contributed by atoms with Crippen LogP contribution >= 0.6 is 23.2 Å². The normalized spacial score (nSPS) is 10.6. The highest BCUT2D eigenvalue weighted by Gasteiger charge is 2.06. The highest BCUT2D eigenvalue weighted by atomic mass is 35.5. The lowest BCUT2D eigenvalue weighted by Crippen LogP contribution is -2.28. The number of benzene rings is 2. The summed E-state index contributed by atoms with van der Waals surface area (Å²) in [7, 11) is 0. The maximum Gasteiger partial charge on any atom is 0.319 e. The number of hydrogen-bond acceptors (Lipinski definition) is 1. The van der Waals surface area contributed by atoms with E-state index in [0.717, 1.165) is 16.5 Å². The van der Waals surface area contributed by atoms with Crippen LogP contribution in [-0.2, 0) is 6.54 Å². The van der Waals surface area contributed by atoms with E-state index in [9.17, 15) is 4.79 Å². The van der Waals surface area contributed by atoms with Crippen molar-refractivity contribution < 1.29 is 4.79 Å². The fraction of sp³-hybridized carbons (Fsp3) is 0.0625. The van der Waals surface area contributed by atoms with Gasteiger partial charge in [0.2, 0.25) is 0 Å². The minimum absolute atomic E-state index is 0.302. The van der Waals surface area contributed by atoms with Crippen molar-refractivity contribution in [3.8, 4) is 0 Å². The highest BCUT2D eigenvalue weighted by molar-refractivity contribution is 6.42. The summed E-state index contributed by atoms with van der Waals surface area (Å²) in [5.74, 6) is 0. The maximum atomic E-state index is 11.9. The highest BCUT2D eigenvalue weighted by Crippen LogP contribution is 2.25. The third-order valence-electron chi connectivity index (χ3n) is 3.29. The van der Waals surface area contributed by atoms with Crippen molar-refractivity contribution in [3.05, 3.63) is 64.3 Å². The van der Waals surface area contributed by atoms with Crippen molar-refractivity contribution in [1.29, 1.82) is 0 Å². The number of urea groups is 1. The molecule has 3 rings (SSSR count). The molecule has 0 bridgehead atoms. The Morgan fingerprint density at radius 3 is 2.73 bits per heavy atom. The summed E-state index contributed by atoms with van der Waals surface area (Å²) in [4.78, 5) is 15.1. The standard InChI is InChI=1S/C16H13Cl2N3O/c17-13-6-5-11(7-14(13)18)21-16(22)20-9-10-8-19-15-4-2-1-3-12(10)15/h1-8,19H,9H2,(H2,20,21,22). The lowest BCUT2D eigenvalue weighted by molar-refractivity contribution is 0.252. The topological polar surface area (TPSA) is 56.9 Å². The third kappa shape index (κ3) is 3.18. The zero-order valence-electron chi connectivity index (χ0n) is 11.5. The van der Waals surface area contributed by atoms with Crippen molar-refractivity contribution in [2.24, 2.45) is 0 Å². The molecule has 0 atom stereocenters. The molecular formula is C16H13Cl2N3O. The summed E-state index contributed by atoms with van der Waals surface area (Å²) in [5, 5.41) is 7.48. The Kier molecular flexibility index (Phi) is 4.22. The summed E-state index contributed by atoms with van der Waals surface area (Å²) >= 11 is 11.8. The quantitative estimate of drug-likeness (QED) is 0.633. The number of anilines is 1. The Morgan fingerprint density at radius 1 is 1.09 bits per heavy atom. The first-order valence-electron chi connectivity index (χ1n) is 6.68. The first-order valence-corrected chi connectivity index (χ1v) is 7.44. The molecule has 6 heteroatoms. The lowest BCUT2D eigenvalue weighted by Gasteiger charge is -2.08. The van der Waals surface area contributed by atoms with E-state index >= 15 is 0 Å². The van der Waals surface area contributed by atoms with Crippen molar-refractivity contribution >= 4 is 45.8 Å². The van der Waals surface area contributed by atoms with E-state index in [1.165, 1.54) is 0 Å². The Morgan fingerprint density at radius 2 is 1.91 bits per heavy atom. The second-order valence-electron chi connectivity index (χ2n) is 4.80. The van der Waals surface area contributed by atoms with Gasteiger partial charge in [-0.1, -0.05) is 41.4 Å². The van der Waals surface area contributed by atoms with E-state index < -0.39 is 0 Å². The number of fused-ring (bicyclic) bond motifs is 1. The number of carbonyl (C=O) groups excluding carboxylic acids is 1. The van der Waals surface area contributed by atoms with Gasteiger partial charge in [0.15, 0.2) is 0 Å². The molecule has 1 aromatic heterocycles. The Bertz CT molecular complexity index is 829. The monoisotopic (exact) mass is 333 g/mol. The zero-order valence-corrected chi connectivity index (χ0v) is 13.0. The van der Waals surface area contributed by atoms with Gasteiger partial charge in [0, 0.05) is 29.3 Å². The number of amides is 2. The molecule has 4 nitrogen and oxygen atoms in total. The van der Waals surface area contributed by atoms with Gasteiger partial charge in [0.1, 0.15) is 0 Å². The Balaban J connectivity index is 1.63. The zero-order chi connectivity index (χ0) is 15.5. The van der Waals surface area contributed by atoms with E-state index in [1.807, 2.05) is 30.5 Å². The largest absolute Gasteiger partial charge is 0.361 e. The molecule has 112 valence electrons. The van der Waals surface area contributed by atoms with E-state index in [2.05, 4.69) is 15.6 Å². The molecule has 0 unspecified atom stereocenters. The lowest BCUT2D eigenvalue weighted by atomic mass is 10.2.